The lowest BCUT2D eigenvalue weighted by Gasteiger charge is -2.24. The SMILES string of the molecule is COc1cc(-c2cc(CN(C[C@@H]3CCCO3)C(=O)CSc3ccccc3)no2)cc(OC)c1OC. The summed E-state index contributed by atoms with van der Waals surface area (Å²) in [5.74, 6) is 2.46. The highest BCUT2D eigenvalue weighted by atomic mass is 32.2. The fourth-order valence-corrected chi connectivity index (χ4v) is 4.81. The van der Waals surface area contributed by atoms with Gasteiger partial charge in [0.05, 0.1) is 39.7 Å². The molecule has 35 heavy (non-hydrogen) atoms. The lowest BCUT2D eigenvalue weighted by molar-refractivity contribution is -0.130. The molecule has 2 aromatic carbocycles. The van der Waals surface area contributed by atoms with Gasteiger partial charge in [0.15, 0.2) is 17.3 Å². The van der Waals surface area contributed by atoms with Crippen LogP contribution >= 0.6 is 11.8 Å². The molecule has 1 aliphatic rings. The standard InChI is InChI=1S/C26H30N2O6S/c1-30-23-12-18(13-24(31-2)26(23)32-3)22-14-19(27-34-22)15-28(16-20-8-7-11-33-20)25(29)17-35-21-9-5-4-6-10-21/h4-6,9-10,12-14,20H,7-8,11,15-17H2,1-3H3/t20-/m0/s1. The average Bonchev–Trinajstić information content (AvgIpc) is 3.59. The molecule has 1 aliphatic heterocycles. The van der Waals surface area contributed by atoms with Gasteiger partial charge >= 0.3 is 0 Å². The summed E-state index contributed by atoms with van der Waals surface area (Å²) in [7, 11) is 4.69. The number of benzene rings is 2. The normalized spacial score (nSPS) is 15.1. The van der Waals surface area contributed by atoms with Crippen molar-refractivity contribution in [2.75, 3.05) is 40.2 Å². The third-order valence-electron chi connectivity index (χ3n) is 5.77. The van der Waals surface area contributed by atoms with Crippen LogP contribution in [-0.2, 0) is 16.1 Å². The number of carbonyl (C=O) groups is 1. The molecule has 1 fully saturated rings. The number of aromatic nitrogens is 1. The minimum absolute atomic E-state index is 0.0340. The first-order chi connectivity index (χ1) is 17.1. The van der Waals surface area contributed by atoms with E-state index in [4.69, 9.17) is 23.5 Å². The fourth-order valence-electron chi connectivity index (χ4n) is 3.98. The summed E-state index contributed by atoms with van der Waals surface area (Å²) in [6.07, 6.45) is 2.01. The van der Waals surface area contributed by atoms with Gasteiger partial charge in [0.25, 0.3) is 0 Å². The average molecular weight is 499 g/mol. The molecule has 3 aromatic rings. The van der Waals surface area contributed by atoms with Gasteiger partial charge in [-0.15, -0.1) is 11.8 Å². The Balaban J connectivity index is 1.50. The van der Waals surface area contributed by atoms with Gasteiger partial charge in [-0.25, -0.2) is 0 Å². The van der Waals surface area contributed by atoms with E-state index in [0.717, 1.165) is 29.9 Å². The second-order valence-corrected chi connectivity index (χ2v) is 9.16. The Bertz CT molecular complexity index is 1090. The van der Waals surface area contributed by atoms with Crippen LogP contribution in [0.15, 0.2) is 57.9 Å². The number of carbonyl (C=O) groups excluding carboxylic acids is 1. The van der Waals surface area contributed by atoms with Crippen molar-refractivity contribution in [2.45, 2.75) is 30.4 Å². The maximum absolute atomic E-state index is 13.2. The molecular formula is C26H30N2O6S. The van der Waals surface area contributed by atoms with Gasteiger partial charge < -0.3 is 28.4 Å². The van der Waals surface area contributed by atoms with Crippen LogP contribution < -0.4 is 14.2 Å². The second-order valence-electron chi connectivity index (χ2n) is 8.11. The molecule has 186 valence electrons. The van der Waals surface area contributed by atoms with Crippen molar-refractivity contribution in [3.8, 4) is 28.6 Å². The quantitative estimate of drug-likeness (QED) is 0.353. The molecule has 0 saturated carbocycles. The van der Waals surface area contributed by atoms with Gasteiger partial charge in [0.1, 0.15) is 5.69 Å². The van der Waals surface area contributed by atoms with E-state index in [-0.39, 0.29) is 12.0 Å². The molecule has 1 amide bonds. The summed E-state index contributed by atoms with van der Waals surface area (Å²) in [5, 5.41) is 4.23. The van der Waals surface area contributed by atoms with E-state index in [1.807, 2.05) is 41.3 Å². The minimum Gasteiger partial charge on any atom is -0.493 e. The van der Waals surface area contributed by atoms with Crippen molar-refractivity contribution < 1.29 is 28.3 Å². The summed E-state index contributed by atoms with van der Waals surface area (Å²) in [6, 6.07) is 15.4. The van der Waals surface area contributed by atoms with E-state index < -0.39 is 0 Å². The molecule has 0 N–H and O–H groups in total. The molecule has 0 spiro atoms. The van der Waals surface area contributed by atoms with Gasteiger partial charge in [0, 0.05) is 29.7 Å². The van der Waals surface area contributed by atoms with Crippen LogP contribution in [0.3, 0.4) is 0 Å². The molecule has 9 heteroatoms. The van der Waals surface area contributed by atoms with E-state index in [1.165, 1.54) is 11.8 Å². The minimum atomic E-state index is 0.0340. The van der Waals surface area contributed by atoms with Crippen LogP contribution in [0.25, 0.3) is 11.3 Å². The zero-order valence-electron chi connectivity index (χ0n) is 20.2. The van der Waals surface area contributed by atoms with Crippen molar-refractivity contribution in [3.05, 3.63) is 54.2 Å². The zero-order chi connectivity index (χ0) is 24.6. The van der Waals surface area contributed by atoms with E-state index in [2.05, 4.69) is 5.16 Å². The van der Waals surface area contributed by atoms with Crippen LogP contribution in [0.2, 0.25) is 0 Å². The highest BCUT2D eigenvalue weighted by Crippen LogP contribution is 2.41. The first-order valence-corrected chi connectivity index (χ1v) is 12.4. The van der Waals surface area contributed by atoms with Crippen molar-refractivity contribution in [1.29, 1.82) is 0 Å². The summed E-state index contributed by atoms with van der Waals surface area (Å²) >= 11 is 1.52. The molecule has 1 saturated heterocycles. The highest BCUT2D eigenvalue weighted by Gasteiger charge is 2.24. The van der Waals surface area contributed by atoms with Gasteiger partial charge in [-0.05, 0) is 37.1 Å². The van der Waals surface area contributed by atoms with E-state index in [9.17, 15) is 4.79 Å². The van der Waals surface area contributed by atoms with Crippen molar-refractivity contribution in [1.82, 2.24) is 10.1 Å². The molecule has 0 radical (unpaired) electrons. The number of hydrogen-bond donors (Lipinski definition) is 0. The number of thioether (sulfide) groups is 1. The number of rotatable bonds is 11. The summed E-state index contributed by atoms with van der Waals surface area (Å²) in [6.45, 7) is 1.60. The van der Waals surface area contributed by atoms with Crippen molar-refractivity contribution in [2.24, 2.45) is 0 Å². The molecule has 1 atom stereocenters. The summed E-state index contributed by atoms with van der Waals surface area (Å²) < 4.78 is 27.7. The Morgan fingerprint density at radius 2 is 1.83 bits per heavy atom. The number of nitrogens with zero attached hydrogens (tertiary/aromatic N) is 2. The molecular weight excluding hydrogens is 468 g/mol. The van der Waals surface area contributed by atoms with Gasteiger partial charge in [0.2, 0.25) is 11.7 Å². The topological polar surface area (TPSA) is 83.3 Å². The van der Waals surface area contributed by atoms with Crippen LogP contribution in [0.1, 0.15) is 18.5 Å². The number of ether oxygens (including phenoxy) is 4. The summed E-state index contributed by atoms with van der Waals surface area (Å²) in [4.78, 5) is 16.0. The smallest absolute Gasteiger partial charge is 0.233 e. The predicted octanol–water partition coefficient (Wildman–Crippen LogP) is 4.67. The fraction of sp³-hybridized carbons (Fsp3) is 0.385. The van der Waals surface area contributed by atoms with Crippen molar-refractivity contribution >= 4 is 17.7 Å². The molecule has 0 unspecified atom stereocenters. The third-order valence-corrected chi connectivity index (χ3v) is 6.76. The van der Waals surface area contributed by atoms with E-state index in [0.29, 0.717) is 47.5 Å². The van der Waals surface area contributed by atoms with Gasteiger partial charge in [-0.3, -0.25) is 4.79 Å². The maximum Gasteiger partial charge on any atom is 0.233 e. The molecule has 4 rings (SSSR count). The zero-order valence-corrected chi connectivity index (χ0v) is 21.0. The Hall–Kier alpha value is -3.17. The first kappa shape index (κ1) is 24.9. The maximum atomic E-state index is 13.2. The Morgan fingerprint density at radius 1 is 1.09 bits per heavy atom. The number of amides is 1. The monoisotopic (exact) mass is 498 g/mol. The van der Waals surface area contributed by atoms with Crippen LogP contribution in [0.4, 0.5) is 0 Å². The largest absolute Gasteiger partial charge is 0.493 e. The Labute approximate surface area is 209 Å². The molecule has 2 heterocycles. The number of hydrogen-bond acceptors (Lipinski definition) is 8. The van der Waals surface area contributed by atoms with Crippen LogP contribution in [0.5, 0.6) is 17.2 Å². The van der Waals surface area contributed by atoms with E-state index in [1.54, 1.807) is 33.5 Å². The highest BCUT2D eigenvalue weighted by molar-refractivity contribution is 8.00. The molecule has 8 nitrogen and oxygen atoms in total. The first-order valence-electron chi connectivity index (χ1n) is 11.4. The Morgan fingerprint density at radius 3 is 2.46 bits per heavy atom. The second kappa shape index (κ2) is 12.0. The van der Waals surface area contributed by atoms with Crippen molar-refractivity contribution in [3.63, 3.8) is 0 Å². The van der Waals surface area contributed by atoms with E-state index >= 15 is 0 Å². The predicted molar refractivity (Wildman–Crippen MR) is 133 cm³/mol. The molecule has 0 bridgehead atoms. The lowest BCUT2D eigenvalue weighted by atomic mass is 10.1. The Kier molecular flexibility index (Phi) is 8.54. The van der Waals surface area contributed by atoms with Crippen LogP contribution in [-0.4, -0.2) is 62.3 Å². The summed E-state index contributed by atoms with van der Waals surface area (Å²) in [5.41, 5.74) is 1.39. The van der Waals surface area contributed by atoms with Crippen LogP contribution in [0, 0.1) is 0 Å². The third kappa shape index (κ3) is 6.29. The lowest BCUT2D eigenvalue weighted by Crippen LogP contribution is -2.38. The van der Waals surface area contributed by atoms with Gasteiger partial charge in [-0.1, -0.05) is 23.4 Å². The molecule has 1 aromatic heterocycles. The molecule has 0 aliphatic carbocycles. The number of methoxy groups -OCH3 is 3. The van der Waals surface area contributed by atoms with Gasteiger partial charge in [-0.2, -0.15) is 0 Å².